The minimum absolute atomic E-state index is 0. The third-order valence-electron chi connectivity index (χ3n) is 3.25. The Morgan fingerprint density at radius 2 is 1.79 bits per heavy atom. The first-order valence-corrected chi connectivity index (χ1v) is 6.07. The molecule has 106 valence electrons. The van der Waals surface area contributed by atoms with E-state index in [0.717, 1.165) is 12.8 Å². The number of nitrogens with two attached hydrogens (primary N) is 1. The highest BCUT2D eigenvalue weighted by Crippen LogP contribution is 2.19. The Bertz CT molecular complexity index is 421. The molecule has 2 unspecified atom stereocenters. The van der Waals surface area contributed by atoms with E-state index < -0.39 is 12.1 Å². The van der Waals surface area contributed by atoms with Gasteiger partial charge in [-0.15, -0.1) is 12.4 Å². The van der Waals surface area contributed by atoms with E-state index in [2.05, 4.69) is 0 Å². The largest absolute Gasteiger partial charge is 0.386 e. The van der Waals surface area contributed by atoms with Gasteiger partial charge in [0.1, 0.15) is 18.0 Å². The second kappa shape index (κ2) is 6.84. The van der Waals surface area contributed by atoms with E-state index in [-0.39, 0.29) is 24.1 Å². The molecule has 0 radical (unpaired) electrons. The molecule has 19 heavy (non-hydrogen) atoms. The van der Waals surface area contributed by atoms with Crippen molar-refractivity contribution >= 4 is 18.3 Å². The molecule has 0 bridgehead atoms. The van der Waals surface area contributed by atoms with Crippen molar-refractivity contribution in [3.63, 3.8) is 0 Å². The van der Waals surface area contributed by atoms with Crippen LogP contribution < -0.4 is 5.73 Å². The highest BCUT2D eigenvalue weighted by Gasteiger charge is 2.29. The summed E-state index contributed by atoms with van der Waals surface area (Å²) in [6, 6.07) is 4.37. The van der Waals surface area contributed by atoms with E-state index in [9.17, 15) is 14.3 Å². The van der Waals surface area contributed by atoms with Gasteiger partial charge in [-0.1, -0.05) is 12.1 Å². The second-order valence-electron chi connectivity index (χ2n) is 4.55. The van der Waals surface area contributed by atoms with Crippen molar-refractivity contribution in [2.24, 2.45) is 5.73 Å². The Balaban J connectivity index is 0.00000180. The first kappa shape index (κ1) is 15.9. The van der Waals surface area contributed by atoms with Crippen molar-refractivity contribution in [3.05, 3.63) is 35.6 Å². The van der Waals surface area contributed by atoms with Crippen LogP contribution in [0.5, 0.6) is 0 Å². The Morgan fingerprint density at radius 3 is 2.32 bits per heavy atom. The van der Waals surface area contributed by atoms with Crippen molar-refractivity contribution in [1.29, 1.82) is 0 Å². The molecule has 0 spiro atoms. The van der Waals surface area contributed by atoms with Crippen LogP contribution in [0.3, 0.4) is 0 Å². The summed E-state index contributed by atoms with van der Waals surface area (Å²) in [5.41, 5.74) is 6.23. The molecule has 3 N–H and O–H groups in total. The average molecular weight is 289 g/mol. The number of carbonyl (C=O) groups is 1. The molecule has 1 fully saturated rings. The predicted molar refractivity (Wildman–Crippen MR) is 72.4 cm³/mol. The average Bonchev–Trinajstić information content (AvgIpc) is 2.91. The maximum atomic E-state index is 12.8. The van der Waals surface area contributed by atoms with Gasteiger partial charge in [-0.3, -0.25) is 4.79 Å². The normalized spacial score (nSPS) is 17.7. The number of likely N-dealkylation sites (tertiary alicyclic amines) is 1. The number of aliphatic hydroxyl groups excluding tert-OH is 1. The van der Waals surface area contributed by atoms with Crippen LogP contribution in [0.1, 0.15) is 24.5 Å². The van der Waals surface area contributed by atoms with Gasteiger partial charge < -0.3 is 15.7 Å². The van der Waals surface area contributed by atoms with E-state index in [0.29, 0.717) is 18.7 Å². The lowest BCUT2D eigenvalue weighted by Gasteiger charge is -2.24. The minimum Gasteiger partial charge on any atom is -0.386 e. The van der Waals surface area contributed by atoms with Crippen LogP contribution in [-0.2, 0) is 4.79 Å². The van der Waals surface area contributed by atoms with E-state index in [1.807, 2.05) is 0 Å². The summed E-state index contributed by atoms with van der Waals surface area (Å²) >= 11 is 0. The molecule has 2 rings (SSSR count). The lowest BCUT2D eigenvalue weighted by molar-refractivity contribution is -0.134. The molecule has 1 aliphatic rings. The number of hydrogen-bond donors (Lipinski definition) is 2. The molecule has 2 atom stereocenters. The number of halogens is 2. The quantitative estimate of drug-likeness (QED) is 0.879. The number of carbonyl (C=O) groups excluding carboxylic acids is 1. The number of hydrogen-bond acceptors (Lipinski definition) is 3. The first-order chi connectivity index (χ1) is 8.59. The third-order valence-corrected chi connectivity index (χ3v) is 3.25. The summed E-state index contributed by atoms with van der Waals surface area (Å²) in [5, 5.41) is 10.0. The maximum absolute atomic E-state index is 12.8. The van der Waals surface area contributed by atoms with Crippen molar-refractivity contribution in [2.45, 2.75) is 25.0 Å². The van der Waals surface area contributed by atoms with Gasteiger partial charge in [0.05, 0.1) is 0 Å². The van der Waals surface area contributed by atoms with Crippen LogP contribution in [0, 0.1) is 5.82 Å². The van der Waals surface area contributed by atoms with Crippen LogP contribution >= 0.6 is 12.4 Å². The Morgan fingerprint density at radius 1 is 1.26 bits per heavy atom. The van der Waals surface area contributed by atoms with E-state index in [1.165, 1.54) is 24.3 Å². The molecular weight excluding hydrogens is 271 g/mol. The minimum atomic E-state index is -1.10. The molecule has 0 saturated carbocycles. The van der Waals surface area contributed by atoms with Crippen molar-refractivity contribution in [2.75, 3.05) is 13.1 Å². The summed E-state index contributed by atoms with van der Waals surface area (Å²) in [5.74, 6) is -0.630. The molecule has 0 aromatic heterocycles. The van der Waals surface area contributed by atoms with Crippen LogP contribution in [0.15, 0.2) is 24.3 Å². The molecular formula is C13H18ClFN2O2. The van der Waals surface area contributed by atoms with Crippen LogP contribution in [-0.4, -0.2) is 35.0 Å². The molecule has 1 aliphatic heterocycles. The molecule has 1 heterocycles. The number of amides is 1. The fraction of sp³-hybridized carbons (Fsp3) is 0.462. The highest BCUT2D eigenvalue weighted by molar-refractivity contribution is 5.85. The Labute approximate surface area is 117 Å². The smallest absolute Gasteiger partial charge is 0.242 e. The first-order valence-electron chi connectivity index (χ1n) is 6.07. The van der Waals surface area contributed by atoms with Gasteiger partial charge in [-0.2, -0.15) is 0 Å². The zero-order valence-electron chi connectivity index (χ0n) is 10.5. The number of aliphatic hydroxyl groups is 1. The fourth-order valence-electron chi connectivity index (χ4n) is 2.15. The summed E-state index contributed by atoms with van der Waals surface area (Å²) in [6.07, 6.45) is 0.856. The molecule has 1 amide bonds. The Kier molecular flexibility index (Phi) is 5.72. The zero-order valence-corrected chi connectivity index (χ0v) is 11.3. The van der Waals surface area contributed by atoms with Gasteiger partial charge in [0.2, 0.25) is 5.91 Å². The molecule has 1 saturated heterocycles. The van der Waals surface area contributed by atoms with Gasteiger partial charge in [-0.05, 0) is 30.5 Å². The van der Waals surface area contributed by atoms with Gasteiger partial charge in [0.15, 0.2) is 0 Å². The monoisotopic (exact) mass is 288 g/mol. The number of nitrogens with zero attached hydrogens (tertiary/aromatic N) is 1. The van der Waals surface area contributed by atoms with E-state index >= 15 is 0 Å². The van der Waals surface area contributed by atoms with E-state index in [1.54, 1.807) is 4.90 Å². The van der Waals surface area contributed by atoms with Gasteiger partial charge >= 0.3 is 0 Å². The standard InChI is InChI=1S/C13H17FN2O2.ClH/c14-10-5-3-9(4-6-10)12(17)11(15)13(18)16-7-1-2-8-16;/h3-6,11-12,17H,1-2,7-8,15H2;1H. The fourth-order valence-corrected chi connectivity index (χ4v) is 2.15. The van der Waals surface area contributed by atoms with Gasteiger partial charge in [0, 0.05) is 13.1 Å². The van der Waals surface area contributed by atoms with Crippen LogP contribution in [0.25, 0.3) is 0 Å². The summed E-state index contributed by atoms with van der Waals surface area (Å²) < 4.78 is 12.8. The second-order valence-corrected chi connectivity index (χ2v) is 4.55. The maximum Gasteiger partial charge on any atom is 0.242 e. The van der Waals surface area contributed by atoms with Crippen molar-refractivity contribution in [1.82, 2.24) is 4.90 Å². The third kappa shape index (κ3) is 3.65. The highest BCUT2D eigenvalue weighted by atomic mass is 35.5. The molecule has 6 heteroatoms. The van der Waals surface area contributed by atoms with Crippen molar-refractivity contribution < 1.29 is 14.3 Å². The number of rotatable bonds is 3. The summed E-state index contributed by atoms with van der Waals surface area (Å²) in [7, 11) is 0. The Hall–Kier alpha value is -1.17. The van der Waals surface area contributed by atoms with Gasteiger partial charge in [-0.25, -0.2) is 4.39 Å². The lowest BCUT2D eigenvalue weighted by Crippen LogP contribution is -2.45. The zero-order chi connectivity index (χ0) is 13.1. The van der Waals surface area contributed by atoms with Crippen LogP contribution in [0.4, 0.5) is 4.39 Å². The van der Waals surface area contributed by atoms with Gasteiger partial charge in [0.25, 0.3) is 0 Å². The summed E-state index contributed by atoms with van der Waals surface area (Å²) in [6.45, 7) is 1.39. The molecule has 1 aromatic carbocycles. The topological polar surface area (TPSA) is 66.6 Å². The lowest BCUT2D eigenvalue weighted by atomic mass is 10.0. The SMILES string of the molecule is Cl.NC(C(=O)N1CCCC1)C(O)c1ccc(F)cc1. The molecule has 1 aromatic rings. The van der Waals surface area contributed by atoms with Crippen LogP contribution in [0.2, 0.25) is 0 Å². The summed E-state index contributed by atoms with van der Waals surface area (Å²) in [4.78, 5) is 13.7. The van der Waals surface area contributed by atoms with Crippen molar-refractivity contribution in [3.8, 4) is 0 Å². The molecule has 0 aliphatic carbocycles. The number of benzene rings is 1. The van der Waals surface area contributed by atoms with E-state index in [4.69, 9.17) is 5.73 Å². The molecule has 4 nitrogen and oxygen atoms in total. The predicted octanol–water partition coefficient (Wildman–Crippen LogP) is 1.23.